The third kappa shape index (κ3) is 3.05. The van der Waals surface area contributed by atoms with Crippen molar-refractivity contribution in [1.82, 2.24) is 10.3 Å². The average molecular weight is 278 g/mol. The number of thiazole rings is 1. The van der Waals surface area contributed by atoms with Gasteiger partial charge in [0.2, 0.25) is 0 Å². The fourth-order valence-corrected chi connectivity index (χ4v) is 2.92. The van der Waals surface area contributed by atoms with Gasteiger partial charge in [0.05, 0.1) is 11.6 Å². The molecule has 2 atom stereocenters. The van der Waals surface area contributed by atoms with Crippen molar-refractivity contribution in [1.29, 1.82) is 0 Å². The molecule has 102 valence electrons. The van der Waals surface area contributed by atoms with Crippen molar-refractivity contribution in [3.8, 4) is 11.5 Å². The normalized spacial score (nSPS) is 14.2. The van der Waals surface area contributed by atoms with E-state index >= 15 is 0 Å². The smallest absolute Gasteiger partial charge is 0.124 e. The molecule has 1 aromatic heterocycles. The zero-order chi connectivity index (χ0) is 13.8. The topological polar surface area (TPSA) is 65.4 Å². The number of phenolic OH excluding ortho intramolecular Hbond substituents is 2. The molecule has 0 bridgehead atoms. The quantitative estimate of drug-likeness (QED) is 0.784. The summed E-state index contributed by atoms with van der Waals surface area (Å²) < 4.78 is 0. The number of aromatic hydroxyl groups is 2. The highest BCUT2D eigenvalue weighted by Gasteiger charge is 2.20. The standard InChI is InChI=1S/C14H18N2O2S/c1-3-10(14-15-7-8-19-14)16-9(2)13-11(17)5-4-6-12(13)18/h4-10,16-18H,3H2,1-2H3. The maximum Gasteiger partial charge on any atom is 0.124 e. The summed E-state index contributed by atoms with van der Waals surface area (Å²) in [5.74, 6) is 0.211. The zero-order valence-electron chi connectivity index (χ0n) is 11.0. The van der Waals surface area contributed by atoms with Gasteiger partial charge in [-0.2, -0.15) is 0 Å². The molecule has 0 saturated carbocycles. The summed E-state index contributed by atoms with van der Waals surface area (Å²) in [6, 6.07) is 4.75. The lowest BCUT2D eigenvalue weighted by Gasteiger charge is -2.22. The molecule has 1 heterocycles. The number of aromatic nitrogens is 1. The van der Waals surface area contributed by atoms with E-state index in [0.717, 1.165) is 11.4 Å². The molecule has 4 nitrogen and oxygen atoms in total. The van der Waals surface area contributed by atoms with Gasteiger partial charge in [0, 0.05) is 17.6 Å². The molecule has 0 radical (unpaired) electrons. The van der Waals surface area contributed by atoms with Gasteiger partial charge >= 0.3 is 0 Å². The number of hydrogen-bond donors (Lipinski definition) is 3. The lowest BCUT2D eigenvalue weighted by Crippen LogP contribution is -2.24. The summed E-state index contributed by atoms with van der Waals surface area (Å²) in [4.78, 5) is 4.31. The van der Waals surface area contributed by atoms with E-state index in [4.69, 9.17) is 0 Å². The van der Waals surface area contributed by atoms with Gasteiger partial charge in [0.1, 0.15) is 16.5 Å². The molecule has 0 amide bonds. The molecule has 2 rings (SSSR count). The first-order valence-electron chi connectivity index (χ1n) is 6.29. The number of benzene rings is 1. The van der Waals surface area contributed by atoms with E-state index in [2.05, 4.69) is 17.2 Å². The predicted octanol–water partition coefficient (Wildman–Crippen LogP) is 3.36. The van der Waals surface area contributed by atoms with Crippen LogP contribution in [0.25, 0.3) is 0 Å². The van der Waals surface area contributed by atoms with Crippen LogP contribution in [0.1, 0.15) is 42.9 Å². The molecule has 2 unspecified atom stereocenters. The predicted molar refractivity (Wildman–Crippen MR) is 76.5 cm³/mol. The molecule has 0 saturated heterocycles. The lowest BCUT2D eigenvalue weighted by molar-refractivity contribution is 0.397. The summed E-state index contributed by atoms with van der Waals surface area (Å²) in [5, 5.41) is 26.1. The first-order chi connectivity index (χ1) is 9.13. The monoisotopic (exact) mass is 278 g/mol. The number of nitrogens with one attached hydrogen (secondary N) is 1. The highest BCUT2D eigenvalue weighted by molar-refractivity contribution is 7.09. The zero-order valence-corrected chi connectivity index (χ0v) is 11.8. The van der Waals surface area contributed by atoms with Gasteiger partial charge in [-0.15, -0.1) is 11.3 Å². The van der Waals surface area contributed by atoms with Crippen molar-refractivity contribution >= 4 is 11.3 Å². The average Bonchev–Trinajstić information content (AvgIpc) is 2.89. The van der Waals surface area contributed by atoms with Crippen molar-refractivity contribution in [2.24, 2.45) is 0 Å². The minimum Gasteiger partial charge on any atom is -0.507 e. The van der Waals surface area contributed by atoms with Gasteiger partial charge in [-0.25, -0.2) is 4.98 Å². The van der Waals surface area contributed by atoms with Gasteiger partial charge in [-0.1, -0.05) is 13.0 Å². The van der Waals surface area contributed by atoms with E-state index in [-0.39, 0.29) is 23.6 Å². The van der Waals surface area contributed by atoms with Crippen molar-refractivity contribution < 1.29 is 10.2 Å². The second kappa shape index (κ2) is 6.04. The highest BCUT2D eigenvalue weighted by Crippen LogP contribution is 2.34. The van der Waals surface area contributed by atoms with E-state index in [1.54, 1.807) is 35.7 Å². The third-order valence-electron chi connectivity index (χ3n) is 3.10. The second-order valence-electron chi connectivity index (χ2n) is 4.43. The van der Waals surface area contributed by atoms with Crippen LogP contribution >= 0.6 is 11.3 Å². The van der Waals surface area contributed by atoms with Crippen molar-refractivity contribution in [3.63, 3.8) is 0 Å². The Hall–Kier alpha value is -1.59. The second-order valence-corrected chi connectivity index (χ2v) is 5.36. The maximum absolute atomic E-state index is 9.86. The first kappa shape index (κ1) is 13.8. The highest BCUT2D eigenvalue weighted by atomic mass is 32.1. The molecule has 19 heavy (non-hydrogen) atoms. The van der Waals surface area contributed by atoms with Crippen LogP contribution in [0.3, 0.4) is 0 Å². The third-order valence-corrected chi connectivity index (χ3v) is 3.99. The molecule has 3 N–H and O–H groups in total. The molecule has 0 aliphatic carbocycles. The van der Waals surface area contributed by atoms with Crippen LogP contribution in [0.5, 0.6) is 11.5 Å². The van der Waals surface area contributed by atoms with E-state index < -0.39 is 0 Å². The summed E-state index contributed by atoms with van der Waals surface area (Å²) in [6.07, 6.45) is 2.68. The van der Waals surface area contributed by atoms with E-state index in [1.165, 1.54) is 0 Å². The van der Waals surface area contributed by atoms with Crippen LogP contribution in [0.4, 0.5) is 0 Å². The fraction of sp³-hybridized carbons (Fsp3) is 0.357. The number of rotatable bonds is 5. The first-order valence-corrected chi connectivity index (χ1v) is 7.17. The van der Waals surface area contributed by atoms with Crippen molar-refractivity contribution in [3.05, 3.63) is 40.3 Å². The number of phenols is 2. The van der Waals surface area contributed by atoms with Gasteiger partial charge < -0.3 is 15.5 Å². The van der Waals surface area contributed by atoms with Crippen molar-refractivity contribution in [2.45, 2.75) is 32.4 Å². The molecular weight excluding hydrogens is 260 g/mol. The molecule has 0 fully saturated rings. The molecule has 0 aliphatic heterocycles. The minimum atomic E-state index is -0.157. The van der Waals surface area contributed by atoms with E-state index in [1.807, 2.05) is 12.3 Å². The Labute approximate surface area is 116 Å². The van der Waals surface area contributed by atoms with Crippen LogP contribution in [0, 0.1) is 0 Å². The molecule has 5 heteroatoms. The largest absolute Gasteiger partial charge is 0.507 e. The van der Waals surface area contributed by atoms with Gasteiger partial charge in [0.15, 0.2) is 0 Å². The summed E-state index contributed by atoms with van der Waals surface area (Å²) in [5.41, 5.74) is 0.525. The van der Waals surface area contributed by atoms with Crippen LogP contribution in [-0.4, -0.2) is 15.2 Å². The molecule has 0 aliphatic rings. The van der Waals surface area contributed by atoms with Crippen LogP contribution < -0.4 is 5.32 Å². The summed E-state index contributed by atoms with van der Waals surface area (Å²) in [6.45, 7) is 4.00. The van der Waals surface area contributed by atoms with E-state index in [0.29, 0.717) is 5.56 Å². The Balaban J connectivity index is 2.18. The van der Waals surface area contributed by atoms with Gasteiger partial charge in [-0.05, 0) is 25.5 Å². The van der Waals surface area contributed by atoms with Crippen molar-refractivity contribution in [2.75, 3.05) is 0 Å². The van der Waals surface area contributed by atoms with Gasteiger partial charge in [-0.3, -0.25) is 0 Å². The Bertz CT molecular complexity index is 508. The lowest BCUT2D eigenvalue weighted by atomic mass is 10.0. The van der Waals surface area contributed by atoms with Crippen LogP contribution in [-0.2, 0) is 0 Å². The Kier molecular flexibility index (Phi) is 4.39. The molecule has 2 aromatic rings. The minimum absolute atomic E-state index is 0.106. The van der Waals surface area contributed by atoms with Crippen LogP contribution in [0.15, 0.2) is 29.8 Å². The molecule has 1 aromatic carbocycles. The fourth-order valence-electron chi connectivity index (χ4n) is 2.14. The number of nitrogens with zero attached hydrogens (tertiary/aromatic N) is 1. The van der Waals surface area contributed by atoms with E-state index in [9.17, 15) is 10.2 Å². The Morgan fingerprint density at radius 1 is 1.32 bits per heavy atom. The molecule has 0 spiro atoms. The Morgan fingerprint density at radius 2 is 2.00 bits per heavy atom. The number of hydrogen-bond acceptors (Lipinski definition) is 5. The van der Waals surface area contributed by atoms with Crippen LogP contribution in [0.2, 0.25) is 0 Å². The summed E-state index contributed by atoms with van der Waals surface area (Å²) >= 11 is 1.60. The van der Waals surface area contributed by atoms with Gasteiger partial charge in [0.25, 0.3) is 0 Å². The SMILES string of the molecule is CCC(NC(C)c1c(O)cccc1O)c1nccs1. The molecular formula is C14H18N2O2S. The Morgan fingerprint density at radius 3 is 2.53 bits per heavy atom. The summed E-state index contributed by atoms with van der Waals surface area (Å²) in [7, 11) is 0. The maximum atomic E-state index is 9.86.